The summed E-state index contributed by atoms with van der Waals surface area (Å²) >= 11 is 8.24. The fourth-order valence-electron chi connectivity index (χ4n) is 3.38. The van der Waals surface area contributed by atoms with Crippen LogP contribution in [0.4, 0.5) is 11.4 Å². The van der Waals surface area contributed by atoms with Gasteiger partial charge in [-0.1, -0.05) is 42.8 Å². The highest BCUT2D eigenvalue weighted by Crippen LogP contribution is 2.31. The Morgan fingerprint density at radius 1 is 1.31 bits per heavy atom. The zero-order chi connectivity index (χ0) is 21.0. The largest absolute Gasteiger partial charge is 0.479 e. The second-order valence-corrected chi connectivity index (χ2v) is 8.56. The zero-order valence-corrected chi connectivity index (χ0v) is 18.9. The van der Waals surface area contributed by atoms with Gasteiger partial charge in [-0.25, -0.2) is 4.79 Å². The molecule has 1 aliphatic heterocycles. The Hall–Kier alpha value is -2.06. The molecule has 1 atom stereocenters. The number of para-hydroxylation sites is 1. The predicted octanol–water partition coefficient (Wildman–Crippen LogP) is 5.34. The summed E-state index contributed by atoms with van der Waals surface area (Å²) in [5, 5.41) is 13.7. The quantitative estimate of drug-likeness (QED) is 0.379. The molecule has 0 radical (unpaired) electrons. The van der Waals surface area contributed by atoms with E-state index in [0.29, 0.717) is 35.7 Å². The average Bonchev–Trinajstić information content (AvgIpc) is 3.08. The van der Waals surface area contributed by atoms with Crippen molar-refractivity contribution in [1.82, 2.24) is 0 Å². The maximum Gasteiger partial charge on any atom is 0.329 e. The van der Waals surface area contributed by atoms with Gasteiger partial charge in [-0.2, -0.15) is 0 Å². The van der Waals surface area contributed by atoms with E-state index in [1.807, 2.05) is 43.3 Å². The smallest absolute Gasteiger partial charge is 0.329 e. The van der Waals surface area contributed by atoms with Crippen LogP contribution in [0.3, 0.4) is 0 Å². The monoisotopic (exact) mass is 524 g/mol. The van der Waals surface area contributed by atoms with E-state index in [9.17, 15) is 14.7 Å². The molecular formula is C22H22ClIN2O3. The third-order valence-corrected chi connectivity index (χ3v) is 6.38. The zero-order valence-electron chi connectivity index (χ0n) is 16.0. The number of carbonyl (C=O) groups excluding carboxylic acids is 1. The second kappa shape index (κ2) is 9.17. The van der Waals surface area contributed by atoms with Crippen molar-refractivity contribution in [3.05, 3.63) is 68.8 Å². The van der Waals surface area contributed by atoms with E-state index in [0.717, 1.165) is 9.26 Å². The molecule has 1 amide bonds. The lowest BCUT2D eigenvalue weighted by atomic mass is 9.90. The standard InChI is InChI=1S/C22H22ClIN2O3/c1-2-22(21(28)29,25-19-14-16(23)8-9-18(19)24)12-10-15-11-13-26(20(15)27)17-6-4-3-5-7-17/h3-10,14,25H,2,11-13H2,1H3,(H,28,29)/b15-10-. The summed E-state index contributed by atoms with van der Waals surface area (Å²) in [6.45, 7) is 2.42. The number of nitrogens with zero attached hydrogens (tertiary/aromatic N) is 1. The Labute approximate surface area is 188 Å². The van der Waals surface area contributed by atoms with Crippen molar-refractivity contribution in [2.75, 3.05) is 16.8 Å². The van der Waals surface area contributed by atoms with Gasteiger partial charge in [0, 0.05) is 32.1 Å². The van der Waals surface area contributed by atoms with Gasteiger partial charge in [0.25, 0.3) is 5.91 Å². The molecular weight excluding hydrogens is 503 g/mol. The fourth-order valence-corrected chi connectivity index (χ4v) is 4.02. The van der Waals surface area contributed by atoms with Crippen molar-refractivity contribution < 1.29 is 14.7 Å². The molecule has 0 aliphatic carbocycles. The summed E-state index contributed by atoms with van der Waals surface area (Å²) in [5.41, 5.74) is 0.949. The van der Waals surface area contributed by atoms with Gasteiger partial charge in [0.15, 0.2) is 0 Å². The number of rotatable bonds is 7. The molecule has 0 aromatic heterocycles. The molecule has 1 fully saturated rings. The number of carbonyl (C=O) groups is 2. The van der Waals surface area contributed by atoms with Crippen LogP contribution in [0.15, 0.2) is 60.2 Å². The number of carboxylic acid groups (broad SMARTS) is 1. The van der Waals surface area contributed by atoms with Crippen molar-refractivity contribution in [1.29, 1.82) is 0 Å². The molecule has 5 nitrogen and oxygen atoms in total. The van der Waals surface area contributed by atoms with E-state index < -0.39 is 11.5 Å². The van der Waals surface area contributed by atoms with Gasteiger partial charge >= 0.3 is 5.97 Å². The Kier molecular flexibility index (Phi) is 6.85. The van der Waals surface area contributed by atoms with E-state index >= 15 is 0 Å². The molecule has 2 aromatic rings. The summed E-state index contributed by atoms with van der Waals surface area (Å²) in [5.74, 6) is -1.03. The topological polar surface area (TPSA) is 69.6 Å². The second-order valence-electron chi connectivity index (χ2n) is 6.97. The Morgan fingerprint density at radius 2 is 2.03 bits per heavy atom. The van der Waals surface area contributed by atoms with Gasteiger partial charge in [-0.05, 0) is 72.2 Å². The molecule has 0 bridgehead atoms. The summed E-state index contributed by atoms with van der Waals surface area (Å²) in [6, 6.07) is 14.8. The molecule has 2 aromatic carbocycles. The molecule has 1 aliphatic rings. The van der Waals surface area contributed by atoms with E-state index in [1.54, 1.807) is 23.1 Å². The molecule has 1 unspecified atom stereocenters. The number of halogens is 2. The van der Waals surface area contributed by atoms with Gasteiger partial charge in [-0.3, -0.25) is 4.79 Å². The fraction of sp³-hybridized carbons (Fsp3) is 0.273. The third-order valence-electron chi connectivity index (χ3n) is 5.20. The maximum absolute atomic E-state index is 12.8. The number of benzene rings is 2. The van der Waals surface area contributed by atoms with E-state index in [4.69, 9.17) is 11.6 Å². The first-order chi connectivity index (χ1) is 13.9. The first kappa shape index (κ1) is 21.6. The number of carboxylic acids is 1. The van der Waals surface area contributed by atoms with E-state index in [1.165, 1.54) is 0 Å². The first-order valence-corrected chi connectivity index (χ1v) is 10.8. The molecule has 0 spiro atoms. The maximum atomic E-state index is 12.8. The van der Waals surface area contributed by atoms with Crippen LogP contribution >= 0.6 is 34.2 Å². The van der Waals surface area contributed by atoms with Crippen LogP contribution in [0.5, 0.6) is 0 Å². The van der Waals surface area contributed by atoms with Gasteiger partial charge in [0.1, 0.15) is 5.54 Å². The Morgan fingerprint density at radius 3 is 2.69 bits per heavy atom. The molecule has 7 heteroatoms. The number of hydrogen-bond donors (Lipinski definition) is 2. The van der Waals surface area contributed by atoms with Gasteiger partial charge < -0.3 is 15.3 Å². The lowest BCUT2D eigenvalue weighted by Crippen LogP contribution is -2.45. The molecule has 29 heavy (non-hydrogen) atoms. The van der Waals surface area contributed by atoms with Crippen molar-refractivity contribution in [2.24, 2.45) is 0 Å². The van der Waals surface area contributed by atoms with Crippen LogP contribution < -0.4 is 10.2 Å². The van der Waals surface area contributed by atoms with Crippen LogP contribution in [0.25, 0.3) is 0 Å². The Balaban J connectivity index is 1.83. The van der Waals surface area contributed by atoms with Crippen molar-refractivity contribution >= 4 is 57.4 Å². The number of nitrogens with one attached hydrogen (secondary N) is 1. The molecule has 1 heterocycles. The highest BCUT2D eigenvalue weighted by Gasteiger charge is 2.37. The summed E-state index contributed by atoms with van der Waals surface area (Å²) in [7, 11) is 0. The lowest BCUT2D eigenvalue weighted by molar-refractivity contribution is -0.142. The van der Waals surface area contributed by atoms with Crippen molar-refractivity contribution in [3.63, 3.8) is 0 Å². The van der Waals surface area contributed by atoms with E-state index in [2.05, 4.69) is 27.9 Å². The predicted molar refractivity (Wildman–Crippen MR) is 125 cm³/mol. The average molecular weight is 525 g/mol. The number of aliphatic carboxylic acids is 1. The molecule has 0 saturated carbocycles. The van der Waals surface area contributed by atoms with Crippen LogP contribution in [-0.2, 0) is 9.59 Å². The first-order valence-electron chi connectivity index (χ1n) is 9.39. The number of anilines is 2. The van der Waals surface area contributed by atoms with Gasteiger partial charge in [0.05, 0.1) is 0 Å². The minimum absolute atomic E-state index is 0.0658. The SMILES string of the molecule is CCC(C/C=C1/CCN(c2ccccc2)C1=O)(Nc1cc(Cl)ccc1I)C(=O)O. The van der Waals surface area contributed by atoms with Crippen molar-refractivity contribution in [2.45, 2.75) is 31.7 Å². The van der Waals surface area contributed by atoms with Gasteiger partial charge in [0.2, 0.25) is 0 Å². The Bertz CT molecular complexity index is 948. The van der Waals surface area contributed by atoms with Gasteiger partial charge in [-0.15, -0.1) is 0 Å². The normalized spacial score (nSPS) is 17.4. The summed E-state index contributed by atoms with van der Waals surface area (Å²) in [6.07, 6.45) is 2.92. The molecule has 3 rings (SSSR count). The van der Waals surface area contributed by atoms with Crippen LogP contribution in [-0.4, -0.2) is 29.1 Å². The van der Waals surface area contributed by atoms with Crippen LogP contribution in [0.1, 0.15) is 26.2 Å². The minimum atomic E-state index is -1.22. The minimum Gasteiger partial charge on any atom is -0.479 e. The van der Waals surface area contributed by atoms with E-state index in [-0.39, 0.29) is 12.3 Å². The summed E-state index contributed by atoms with van der Waals surface area (Å²) < 4.78 is 0.880. The molecule has 1 saturated heterocycles. The van der Waals surface area contributed by atoms with Crippen LogP contribution in [0, 0.1) is 3.57 Å². The molecule has 152 valence electrons. The highest BCUT2D eigenvalue weighted by molar-refractivity contribution is 14.1. The molecule has 2 N–H and O–H groups in total. The highest BCUT2D eigenvalue weighted by atomic mass is 127. The lowest BCUT2D eigenvalue weighted by Gasteiger charge is -2.30. The third kappa shape index (κ3) is 4.75. The summed E-state index contributed by atoms with van der Waals surface area (Å²) in [4.78, 5) is 26.7. The van der Waals surface area contributed by atoms with Crippen molar-refractivity contribution in [3.8, 4) is 0 Å². The number of hydrogen-bond acceptors (Lipinski definition) is 3. The van der Waals surface area contributed by atoms with Crippen LogP contribution in [0.2, 0.25) is 5.02 Å². The number of amides is 1.